The molecular formula is C20H17N3O3. The van der Waals surface area contributed by atoms with Crippen LogP contribution < -0.4 is 4.74 Å². The van der Waals surface area contributed by atoms with E-state index in [9.17, 15) is 0 Å². The number of hydrogen-bond acceptors (Lipinski definition) is 6. The Bertz CT molecular complexity index is 1010. The maximum Gasteiger partial charge on any atom is 0.247 e. The molecule has 0 unspecified atom stereocenters. The predicted octanol–water partition coefficient (Wildman–Crippen LogP) is 4.59. The molecule has 4 aromatic rings. The van der Waals surface area contributed by atoms with Crippen LogP contribution in [0.4, 0.5) is 0 Å². The van der Waals surface area contributed by atoms with Crippen molar-refractivity contribution >= 4 is 0 Å². The van der Waals surface area contributed by atoms with Gasteiger partial charge in [-0.1, -0.05) is 17.7 Å². The van der Waals surface area contributed by atoms with E-state index in [1.54, 1.807) is 6.26 Å². The van der Waals surface area contributed by atoms with Crippen molar-refractivity contribution in [1.29, 1.82) is 0 Å². The molecule has 0 amide bonds. The summed E-state index contributed by atoms with van der Waals surface area (Å²) >= 11 is 0. The third-order valence-electron chi connectivity index (χ3n) is 4.01. The van der Waals surface area contributed by atoms with Crippen LogP contribution in [0, 0.1) is 13.8 Å². The first-order chi connectivity index (χ1) is 12.7. The minimum atomic E-state index is 0.328. The van der Waals surface area contributed by atoms with E-state index in [-0.39, 0.29) is 0 Å². The standard InChI is InChI=1S/C20H17N3O3/c1-13-3-8-18(14(2)9-13)20-22-16(11-25-20)10-24-17-6-4-15(5-7-17)19-23-21-12-26-19/h3-9,11-12H,10H2,1-2H3. The molecule has 2 heterocycles. The molecule has 6 heteroatoms. The van der Waals surface area contributed by atoms with Crippen LogP contribution in [-0.4, -0.2) is 15.2 Å². The first kappa shape index (κ1) is 16.1. The molecule has 0 spiro atoms. The Morgan fingerprint density at radius 3 is 2.54 bits per heavy atom. The number of oxazole rings is 1. The van der Waals surface area contributed by atoms with Crippen LogP contribution in [0.3, 0.4) is 0 Å². The lowest BCUT2D eigenvalue weighted by Gasteiger charge is -2.04. The Morgan fingerprint density at radius 1 is 0.962 bits per heavy atom. The summed E-state index contributed by atoms with van der Waals surface area (Å²) in [6.45, 7) is 4.44. The van der Waals surface area contributed by atoms with E-state index in [2.05, 4.69) is 28.2 Å². The van der Waals surface area contributed by atoms with Gasteiger partial charge in [0, 0.05) is 11.1 Å². The second-order valence-electron chi connectivity index (χ2n) is 6.02. The molecular weight excluding hydrogens is 330 g/mol. The quantitative estimate of drug-likeness (QED) is 0.526. The Hall–Kier alpha value is -3.41. The van der Waals surface area contributed by atoms with E-state index in [0.29, 0.717) is 18.4 Å². The van der Waals surface area contributed by atoms with Gasteiger partial charge in [0.1, 0.15) is 24.3 Å². The summed E-state index contributed by atoms with van der Waals surface area (Å²) in [7, 11) is 0. The van der Waals surface area contributed by atoms with Gasteiger partial charge in [-0.05, 0) is 49.7 Å². The second kappa shape index (κ2) is 6.84. The molecule has 0 aliphatic heterocycles. The normalized spacial score (nSPS) is 10.8. The summed E-state index contributed by atoms with van der Waals surface area (Å²) < 4.78 is 16.5. The molecule has 130 valence electrons. The SMILES string of the molecule is Cc1ccc(-c2nc(COc3ccc(-c4nnco4)cc3)co2)c(C)c1. The maximum atomic E-state index is 5.77. The van der Waals surface area contributed by atoms with E-state index in [4.69, 9.17) is 13.6 Å². The van der Waals surface area contributed by atoms with Gasteiger partial charge in [0.05, 0.1) is 0 Å². The molecule has 0 atom stereocenters. The van der Waals surface area contributed by atoms with Crippen LogP contribution in [0.2, 0.25) is 0 Å². The maximum absolute atomic E-state index is 5.77. The Balaban J connectivity index is 1.43. The average Bonchev–Trinajstić information content (AvgIpc) is 3.33. The van der Waals surface area contributed by atoms with Gasteiger partial charge in [0.15, 0.2) is 0 Å². The minimum Gasteiger partial charge on any atom is -0.487 e. The van der Waals surface area contributed by atoms with Gasteiger partial charge < -0.3 is 13.6 Å². The first-order valence-corrected chi connectivity index (χ1v) is 8.20. The van der Waals surface area contributed by atoms with Gasteiger partial charge in [-0.3, -0.25) is 0 Å². The highest BCUT2D eigenvalue weighted by Gasteiger charge is 2.10. The van der Waals surface area contributed by atoms with E-state index in [1.807, 2.05) is 43.3 Å². The Labute approximate surface area is 150 Å². The molecule has 26 heavy (non-hydrogen) atoms. The topological polar surface area (TPSA) is 74.2 Å². The lowest BCUT2D eigenvalue weighted by atomic mass is 10.1. The van der Waals surface area contributed by atoms with Crippen molar-refractivity contribution in [2.45, 2.75) is 20.5 Å². The number of rotatable bonds is 5. The lowest BCUT2D eigenvalue weighted by Crippen LogP contribution is -1.96. The monoisotopic (exact) mass is 347 g/mol. The number of hydrogen-bond donors (Lipinski definition) is 0. The molecule has 2 aromatic carbocycles. The predicted molar refractivity (Wildman–Crippen MR) is 95.5 cm³/mol. The molecule has 0 saturated heterocycles. The van der Waals surface area contributed by atoms with Crippen LogP contribution in [-0.2, 0) is 6.61 Å². The second-order valence-corrected chi connectivity index (χ2v) is 6.02. The van der Waals surface area contributed by atoms with E-state index < -0.39 is 0 Å². The zero-order chi connectivity index (χ0) is 17.9. The fourth-order valence-electron chi connectivity index (χ4n) is 2.70. The van der Waals surface area contributed by atoms with Gasteiger partial charge in [0.2, 0.25) is 18.2 Å². The molecule has 0 N–H and O–H groups in total. The number of nitrogens with zero attached hydrogens (tertiary/aromatic N) is 3. The highest BCUT2D eigenvalue weighted by molar-refractivity contribution is 5.59. The van der Waals surface area contributed by atoms with Gasteiger partial charge in [-0.15, -0.1) is 10.2 Å². The van der Waals surface area contributed by atoms with Crippen LogP contribution in [0.1, 0.15) is 16.8 Å². The summed E-state index contributed by atoms with van der Waals surface area (Å²) in [6, 6.07) is 13.6. The molecule has 0 aliphatic rings. The molecule has 0 saturated carbocycles. The summed E-state index contributed by atoms with van der Waals surface area (Å²) in [4.78, 5) is 4.52. The highest BCUT2D eigenvalue weighted by Crippen LogP contribution is 2.25. The Morgan fingerprint density at radius 2 is 1.81 bits per heavy atom. The van der Waals surface area contributed by atoms with Gasteiger partial charge in [-0.25, -0.2) is 4.98 Å². The molecule has 0 bridgehead atoms. The molecule has 0 radical (unpaired) electrons. The smallest absolute Gasteiger partial charge is 0.247 e. The van der Waals surface area contributed by atoms with Crippen LogP contribution >= 0.6 is 0 Å². The largest absolute Gasteiger partial charge is 0.487 e. The zero-order valence-electron chi connectivity index (χ0n) is 14.5. The summed E-state index contributed by atoms with van der Waals surface area (Å²) in [5.74, 6) is 1.81. The fourth-order valence-corrected chi connectivity index (χ4v) is 2.70. The molecule has 0 aliphatic carbocycles. The Kier molecular flexibility index (Phi) is 4.23. The average molecular weight is 347 g/mol. The molecule has 2 aromatic heterocycles. The van der Waals surface area contributed by atoms with Crippen LogP contribution in [0.15, 0.2) is 64.0 Å². The molecule has 4 rings (SSSR count). The molecule has 6 nitrogen and oxygen atoms in total. The van der Waals surface area contributed by atoms with Crippen LogP contribution in [0.25, 0.3) is 22.9 Å². The van der Waals surface area contributed by atoms with Crippen molar-refractivity contribution in [1.82, 2.24) is 15.2 Å². The number of aromatic nitrogens is 3. The van der Waals surface area contributed by atoms with E-state index >= 15 is 0 Å². The van der Waals surface area contributed by atoms with Crippen molar-refractivity contribution in [3.8, 4) is 28.7 Å². The number of benzene rings is 2. The third-order valence-corrected chi connectivity index (χ3v) is 4.01. The molecule has 0 fully saturated rings. The van der Waals surface area contributed by atoms with E-state index in [1.165, 1.54) is 12.0 Å². The summed E-state index contributed by atoms with van der Waals surface area (Å²) in [5.41, 5.74) is 4.92. The van der Waals surface area contributed by atoms with Crippen molar-refractivity contribution < 1.29 is 13.6 Å². The number of ether oxygens (including phenoxy) is 1. The summed E-state index contributed by atoms with van der Waals surface area (Å²) in [5, 5.41) is 7.54. The number of aryl methyl sites for hydroxylation is 2. The van der Waals surface area contributed by atoms with Crippen molar-refractivity contribution in [2.75, 3.05) is 0 Å². The summed E-state index contributed by atoms with van der Waals surface area (Å²) in [6.07, 6.45) is 2.93. The minimum absolute atomic E-state index is 0.328. The van der Waals surface area contributed by atoms with Gasteiger partial charge in [0.25, 0.3) is 0 Å². The zero-order valence-corrected chi connectivity index (χ0v) is 14.5. The fraction of sp³-hybridized carbons (Fsp3) is 0.150. The van der Waals surface area contributed by atoms with Crippen LogP contribution in [0.5, 0.6) is 5.75 Å². The van der Waals surface area contributed by atoms with Crippen molar-refractivity contribution in [2.24, 2.45) is 0 Å². The van der Waals surface area contributed by atoms with Crippen molar-refractivity contribution in [3.63, 3.8) is 0 Å². The first-order valence-electron chi connectivity index (χ1n) is 8.20. The van der Waals surface area contributed by atoms with Gasteiger partial charge in [-0.2, -0.15) is 0 Å². The van der Waals surface area contributed by atoms with Crippen molar-refractivity contribution in [3.05, 3.63) is 71.9 Å². The van der Waals surface area contributed by atoms with Gasteiger partial charge >= 0.3 is 0 Å². The third kappa shape index (κ3) is 3.35. The lowest BCUT2D eigenvalue weighted by molar-refractivity contribution is 0.301. The highest BCUT2D eigenvalue weighted by atomic mass is 16.5. The van der Waals surface area contributed by atoms with E-state index in [0.717, 1.165) is 28.1 Å².